The van der Waals surface area contributed by atoms with E-state index in [4.69, 9.17) is 14.2 Å². The lowest BCUT2D eigenvalue weighted by atomic mass is 10.1. The Morgan fingerprint density at radius 1 is 1.36 bits per heavy atom. The van der Waals surface area contributed by atoms with Gasteiger partial charge in [-0.25, -0.2) is 0 Å². The molecule has 0 amide bonds. The second-order valence-corrected chi connectivity index (χ2v) is 5.25. The molecule has 2 rings (SSSR count). The van der Waals surface area contributed by atoms with Gasteiger partial charge in [-0.1, -0.05) is 0 Å². The summed E-state index contributed by atoms with van der Waals surface area (Å²) in [6, 6.07) is 4.12. The van der Waals surface area contributed by atoms with Crippen LogP contribution < -0.4 is 20.1 Å². The molecule has 0 radical (unpaired) electrons. The summed E-state index contributed by atoms with van der Waals surface area (Å²) in [6.45, 7) is 4.03. The predicted octanol–water partition coefficient (Wildman–Crippen LogP) is 1.33. The summed E-state index contributed by atoms with van der Waals surface area (Å²) in [6.07, 6.45) is 1.16. The highest BCUT2D eigenvalue weighted by atomic mass is 16.5. The summed E-state index contributed by atoms with van der Waals surface area (Å²) in [7, 11) is 5.11. The largest absolute Gasteiger partial charge is 0.496 e. The third-order valence-electron chi connectivity index (χ3n) is 3.57. The van der Waals surface area contributed by atoms with Gasteiger partial charge in [-0.15, -0.1) is 0 Å². The maximum atomic E-state index is 5.81. The van der Waals surface area contributed by atoms with Crippen LogP contribution in [0.1, 0.15) is 18.1 Å². The molecule has 0 aromatic heterocycles. The van der Waals surface area contributed by atoms with Crippen LogP contribution in [0.5, 0.6) is 11.5 Å². The topological polar surface area (TPSA) is 64.1 Å². The van der Waals surface area contributed by atoms with Crippen molar-refractivity contribution in [2.45, 2.75) is 26.0 Å². The normalized spacial score (nSPS) is 16.9. The number of ether oxygens (including phenoxy) is 3. The van der Waals surface area contributed by atoms with Crippen molar-refractivity contribution in [2.75, 3.05) is 34.4 Å². The van der Waals surface area contributed by atoms with Crippen LogP contribution in [-0.2, 0) is 17.7 Å². The van der Waals surface area contributed by atoms with Crippen LogP contribution in [0.25, 0.3) is 0 Å². The Labute approximate surface area is 131 Å². The number of methoxy groups -OCH3 is 2. The van der Waals surface area contributed by atoms with E-state index in [1.54, 1.807) is 21.3 Å². The molecule has 0 saturated heterocycles. The van der Waals surface area contributed by atoms with Crippen molar-refractivity contribution in [3.63, 3.8) is 0 Å². The predicted molar refractivity (Wildman–Crippen MR) is 86.9 cm³/mol. The van der Waals surface area contributed by atoms with Gasteiger partial charge in [0.1, 0.15) is 17.6 Å². The molecule has 1 aromatic rings. The lowest BCUT2D eigenvalue weighted by Gasteiger charge is -2.14. The van der Waals surface area contributed by atoms with Crippen molar-refractivity contribution in [3.05, 3.63) is 23.3 Å². The van der Waals surface area contributed by atoms with E-state index in [0.717, 1.165) is 29.4 Å². The SMILES string of the molecule is CN=C(NCCOC)NCc1cc2c(cc1OC)CC(C)O2. The van der Waals surface area contributed by atoms with Crippen LogP contribution in [0.4, 0.5) is 0 Å². The first-order valence-electron chi connectivity index (χ1n) is 7.47. The Morgan fingerprint density at radius 3 is 2.86 bits per heavy atom. The van der Waals surface area contributed by atoms with E-state index in [2.05, 4.69) is 28.6 Å². The standard InChI is InChI=1S/C16H25N3O3/c1-11-7-12-8-14(21-4)13(9-15(12)22-11)10-19-16(17-2)18-5-6-20-3/h8-9,11H,5-7,10H2,1-4H3,(H2,17,18,19). The van der Waals surface area contributed by atoms with Gasteiger partial charge in [0.05, 0.1) is 13.7 Å². The van der Waals surface area contributed by atoms with Crippen LogP contribution in [0.2, 0.25) is 0 Å². The molecule has 0 bridgehead atoms. The van der Waals surface area contributed by atoms with Gasteiger partial charge in [-0.2, -0.15) is 0 Å². The summed E-state index contributed by atoms with van der Waals surface area (Å²) >= 11 is 0. The molecule has 6 heteroatoms. The molecule has 122 valence electrons. The molecule has 0 fully saturated rings. The molecule has 1 aliphatic rings. The fraction of sp³-hybridized carbons (Fsp3) is 0.562. The first-order valence-corrected chi connectivity index (χ1v) is 7.47. The fourth-order valence-corrected chi connectivity index (χ4v) is 2.48. The monoisotopic (exact) mass is 307 g/mol. The average molecular weight is 307 g/mol. The second-order valence-electron chi connectivity index (χ2n) is 5.25. The van der Waals surface area contributed by atoms with E-state index in [0.29, 0.717) is 19.7 Å². The number of benzene rings is 1. The molecule has 0 aliphatic carbocycles. The summed E-state index contributed by atoms with van der Waals surface area (Å²) in [5.74, 6) is 2.55. The molecule has 1 heterocycles. The van der Waals surface area contributed by atoms with Crippen LogP contribution in [0.3, 0.4) is 0 Å². The van der Waals surface area contributed by atoms with Gasteiger partial charge < -0.3 is 24.8 Å². The Balaban J connectivity index is 2.01. The van der Waals surface area contributed by atoms with Gasteiger partial charge >= 0.3 is 0 Å². The highest BCUT2D eigenvalue weighted by molar-refractivity contribution is 5.79. The van der Waals surface area contributed by atoms with Crippen molar-refractivity contribution >= 4 is 5.96 Å². The molecular formula is C16H25N3O3. The van der Waals surface area contributed by atoms with Gasteiger partial charge in [0.25, 0.3) is 0 Å². The Kier molecular flexibility index (Phi) is 5.89. The molecule has 0 saturated carbocycles. The number of guanidine groups is 1. The Hall–Kier alpha value is -1.95. The minimum absolute atomic E-state index is 0.228. The van der Waals surface area contributed by atoms with E-state index in [1.165, 1.54) is 5.56 Å². The second kappa shape index (κ2) is 7.89. The molecule has 1 aliphatic heterocycles. The molecule has 1 unspecified atom stereocenters. The van der Waals surface area contributed by atoms with E-state index >= 15 is 0 Å². The van der Waals surface area contributed by atoms with Crippen molar-refractivity contribution in [3.8, 4) is 11.5 Å². The zero-order valence-electron chi connectivity index (χ0n) is 13.7. The molecular weight excluding hydrogens is 282 g/mol. The molecule has 6 nitrogen and oxygen atoms in total. The number of nitrogens with one attached hydrogen (secondary N) is 2. The van der Waals surface area contributed by atoms with Gasteiger partial charge in [-0.05, 0) is 19.1 Å². The number of fused-ring (bicyclic) bond motifs is 1. The summed E-state index contributed by atoms with van der Waals surface area (Å²) in [5.41, 5.74) is 2.25. The lowest BCUT2D eigenvalue weighted by Crippen LogP contribution is -2.38. The van der Waals surface area contributed by atoms with Crippen molar-refractivity contribution < 1.29 is 14.2 Å². The number of hydrogen-bond acceptors (Lipinski definition) is 4. The van der Waals surface area contributed by atoms with Gasteiger partial charge in [0, 0.05) is 44.8 Å². The maximum absolute atomic E-state index is 5.81. The zero-order valence-corrected chi connectivity index (χ0v) is 13.7. The third-order valence-corrected chi connectivity index (χ3v) is 3.57. The number of rotatable bonds is 6. The molecule has 1 atom stereocenters. The maximum Gasteiger partial charge on any atom is 0.191 e. The van der Waals surface area contributed by atoms with Crippen LogP contribution in [0.15, 0.2) is 17.1 Å². The number of hydrogen-bond donors (Lipinski definition) is 2. The van der Waals surface area contributed by atoms with E-state index in [1.807, 2.05) is 6.07 Å². The van der Waals surface area contributed by atoms with Gasteiger partial charge in [-0.3, -0.25) is 4.99 Å². The van der Waals surface area contributed by atoms with Crippen molar-refractivity contribution in [1.29, 1.82) is 0 Å². The summed E-state index contributed by atoms with van der Waals surface area (Å²) in [4.78, 5) is 4.18. The van der Waals surface area contributed by atoms with Crippen molar-refractivity contribution in [2.24, 2.45) is 4.99 Å². The first-order chi connectivity index (χ1) is 10.7. The average Bonchev–Trinajstić information content (AvgIpc) is 2.88. The molecule has 1 aromatic carbocycles. The summed E-state index contributed by atoms with van der Waals surface area (Å²) < 4.78 is 16.3. The smallest absolute Gasteiger partial charge is 0.191 e. The summed E-state index contributed by atoms with van der Waals surface area (Å²) in [5, 5.41) is 6.45. The molecule has 0 spiro atoms. The van der Waals surface area contributed by atoms with E-state index < -0.39 is 0 Å². The van der Waals surface area contributed by atoms with Crippen LogP contribution in [-0.4, -0.2) is 46.5 Å². The highest BCUT2D eigenvalue weighted by Gasteiger charge is 2.21. The van der Waals surface area contributed by atoms with Gasteiger partial charge in [0.15, 0.2) is 5.96 Å². The van der Waals surface area contributed by atoms with Crippen LogP contribution >= 0.6 is 0 Å². The molecule has 22 heavy (non-hydrogen) atoms. The number of aliphatic imine (C=N–C) groups is 1. The van der Waals surface area contributed by atoms with Crippen LogP contribution in [0, 0.1) is 0 Å². The molecule has 2 N–H and O–H groups in total. The first kappa shape index (κ1) is 16.4. The Morgan fingerprint density at radius 2 is 2.18 bits per heavy atom. The zero-order chi connectivity index (χ0) is 15.9. The minimum atomic E-state index is 0.228. The minimum Gasteiger partial charge on any atom is -0.496 e. The van der Waals surface area contributed by atoms with E-state index in [-0.39, 0.29) is 6.10 Å². The quantitative estimate of drug-likeness (QED) is 0.471. The number of nitrogens with zero attached hydrogens (tertiary/aromatic N) is 1. The van der Waals surface area contributed by atoms with Crippen molar-refractivity contribution in [1.82, 2.24) is 10.6 Å². The third kappa shape index (κ3) is 4.04. The Bertz CT molecular complexity index is 532. The highest BCUT2D eigenvalue weighted by Crippen LogP contribution is 2.34. The van der Waals surface area contributed by atoms with Gasteiger partial charge in [0.2, 0.25) is 0 Å². The lowest BCUT2D eigenvalue weighted by molar-refractivity contribution is 0.203. The fourth-order valence-electron chi connectivity index (χ4n) is 2.48. The van der Waals surface area contributed by atoms with E-state index in [9.17, 15) is 0 Å².